The van der Waals surface area contributed by atoms with E-state index in [0.29, 0.717) is 12.5 Å². The number of nitrogens with one attached hydrogen (secondary N) is 1. The number of nitrogen functional groups attached to an aromatic ring is 1. The molecule has 2 rings (SSSR count). The number of carbonyl (C=O) groups is 1. The quantitative estimate of drug-likeness (QED) is 0.692. The van der Waals surface area contributed by atoms with Gasteiger partial charge >= 0.3 is 5.69 Å². The second kappa shape index (κ2) is 4.67. The molecule has 0 saturated heterocycles. The fourth-order valence-corrected chi connectivity index (χ4v) is 1.67. The summed E-state index contributed by atoms with van der Waals surface area (Å²) >= 11 is 0. The van der Waals surface area contributed by atoms with Gasteiger partial charge in [-0.2, -0.15) is 0 Å². The number of aryl methyl sites for hydroxylation is 1. The third-order valence-corrected chi connectivity index (χ3v) is 2.94. The van der Waals surface area contributed by atoms with Gasteiger partial charge in [0.2, 0.25) is 5.91 Å². The number of carbonyl (C=O) groups excluding carboxylic acids is 1. The lowest BCUT2D eigenvalue weighted by Gasteiger charge is -2.08. The van der Waals surface area contributed by atoms with E-state index >= 15 is 0 Å². The molecule has 98 valence electrons. The summed E-state index contributed by atoms with van der Waals surface area (Å²) in [4.78, 5) is 35.0. The van der Waals surface area contributed by atoms with Crippen molar-refractivity contribution < 1.29 is 4.79 Å². The molecule has 3 N–H and O–H groups in total. The summed E-state index contributed by atoms with van der Waals surface area (Å²) in [6.07, 6.45) is 3.50. The summed E-state index contributed by atoms with van der Waals surface area (Å²) in [5, 5.41) is 2.70. The topological polar surface area (TPSA) is 99.1 Å². The minimum absolute atomic E-state index is 0.0490. The summed E-state index contributed by atoms with van der Waals surface area (Å²) in [6.45, 7) is 0.319. The normalized spacial score (nSPS) is 14.5. The van der Waals surface area contributed by atoms with Crippen molar-refractivity contribution in [1.82, 2.24) is 14.5 Å². The van der Waals surface area contributed by atoms with Gasteiger partial charge in [0.05, 0.1) is 0 Å². The van der Waals surface area contributed by atoms with E-state index in [0.717, 1.165) is 17.4 Å². The predicted molar refractivity (Wildman–Crippen MR) is 66.1 cm³/mol. The summed E-state index contributed by atoms with van der Waals surface area (Å²) in [7, 11) is 1.48. The molecule has 1 aromatic rings. The smallest absolute Gasteiger partial charge is 0.331 e. The van der Waals surface area contributed by atoms with Crippen molar-refractivity contribution >= 4 is 11.6 Å². The zero-order valence-corrected chi connectivity index (χ0v) is 10.2. The van der Waals surface area contributed by atoms with Gasteiger partial charge in [-0.25, -0.2) is 9.36 Å². The van der Waals surface area contributed by atoms with Crippen LogP contribution in [-0.4, -0.2) is 21.6 Å². The van der Waals surface area contributed by atoms with Crippen LogP contribution in [0.1, 0.15) is 12.8 Å². The second-order valence-corrected chi connectivity index (χ2v) is 4.62. The number of hydrogen-bond donors (Lipinski definition) is 2. The van der Waals surface area contributed by atoms with Crippen molar-refractivity contribution in [3.8, 4) is 0 Å². The molecule has 1 fully saturated rings. The first-order valence-corrected chi connectivity index (χ1v) is 5.81. The highest BCUT2D eigenvalue weighted by molar-refractivity contribution is 5.75. The molecular formula is C11H16N4O3. The monoisotopic (exact) mass is 252 g/mol. The molecule has 7 heteroatoms. The maximum atomic E-state index is 11.7. The van der Waals surface area contributed by atoms with E-state index in [4.69, 9.17) is 5.73 Å². The molecule has 0 atom stereocenters. The fourth-order valence-electron chi connectivity index (χ4n) is 1.67. The van der Waals surface area contributed by atoms with Crippen molar-refractivity contribution in [2.75, 3.05) is 12.3 Å². The van der Waals surface area contributed by atoms with E-state index in [1.165, 1.54) is 17.8 Å². The van der Waals surface area contributed by atoms with E-state index in [2.05, 4.69) is 5.32 Å². The molecule has 7 nitrogen and oxygen atoms in total. The van der Waals surface area contributed by atoms with E-state index in [9.17, 15) is 14.4 Å². The number of rotatable bonds is 4. The van der Waals surface area contributed by atoms with Crippen molar-refractivity contribution in [1.29, 1.82) is 0 Å². The van der Waals surface area contributed by atoms with Crippen LogP contribution in [0.2, 0.25) is 0 Å². The van der Waals surface area contributed by atoms with Crippen LogP contribution in [0.4, 0.5) is 5.69 Å². The number of aromatic nitrogens is 2. The largest absolute Gasteiger partial charge is 0.393 e. The summed E-state index contributed by atoms with van der Waals surface area (Å²) in [5.41, 5.74) is 4.25. The maximum Gasteiger partial charge on any atom is 0.331 e. The molecule has 1 saturated carbocycles. The average molecular weight is 252 g/mol. The molecule has 0 aromatic carbocycles. The van der Waals surface area contributed by atoms with Gasteiger partial charge in [0.1, 0.15) is 12.2 Å². The van der Waals surface area contributed by atoms with Crippen LogP contribution in [0.15, 0.2) is 15.8 Å². The lowest BCUT2D eigenvalue weighted by Crippen LogP contribution is -2.43. The van der Waals surface area contributed by atoms with Crippen LogP contribution in [0.25, 0.3) is 0 Å². The van der Waals surface area contributed by atoms with Gasteiger partial charge in [-0.3, -0.25) is 9.59 Å². The molecule has 18 heavy (non-hydrogen) atoms. The molecule has 1 aliphatic carbocycles. The minimum atomic E-state index is -0.625. The standard InChI is InChI=1S/C11H16N4O3/c1-14-5-8(12)10(17)15(11(14)18)6-9(16)13-4-7-2-3-7/h5,7H,2-4,6,12H2,1H3,(H,13,16). The number of hydrogen-bond acceptors (Lipinski definition) is 4. The zero-order chi connectivity index (χ0) is 13.3. The summed E-state index contributed by atoms with van der Waals surface area (Å²) in [5.74, 6) is 0.209. The third-order valence-electron chi connectivity index (χ3n) is 2.94. The Balaban J connectivity index is 2.14. The predicted octanol–water partition coefficient (Wildman–Crippen LogP) is -1.34. The first-order valence-electron chi connectivity index (χ1n) is 5.81. The van der Waals surface area contributed by atoms with Crippen molar-refractivity contribution in [3.05, 3.63) is 27.0 Å². The van der Waals surface area contributed by atoms with Crippen molar-refractivity contribution in [3.63, 3.8) is 0 Å². The van der Waals surface area contributed by atoms with Crippen LogP contribution < -0.4 is 22.3 Å². The van der Waals surface area contributed by atoms with E-state index in [-0.39, 0.29) is 18.1 Å². The molecule has 1 aliphatic rings. The van der Waals surface area contributed by atoms with Crippen LogP contribution in [0.3, 0.4) is 0 Å². The van der Waals surface area contributed by atoms with Crippen LogP contribution in [-0.2, 0) is 18.4 Å². The Kier molecular flexibility index (Phi) is 3.22. The summed E-state index contributed by atoms with van der Waals surface area (Å²) < 4.78 is 2.03. The maximum absolute atomic E-state index is 11.7. The van der Waals surface area contributed by atoms with Gasteiger partial charge in [-0.1, -0.05) is 0 Å². The zero-order valence-electron chi connectivity index (χ0n) is 10.2. The molecule has 1 heterocycles. The highest BCUT2D eigenvalue weighted by atomic mass is 16.2. The third kappa shape index (κ3) is 2.61. The molecule has 0 unspecified atom stereocenters. The molecule has 0 bridgehead atoms. The molecular weight excluding hydrogens is 236 g/mol. The van der Waals surface area contributed by atoms with Gasteiger partial charge < -0.3 is 15.6 Å². The molecule has 0 radical (unpaired) electrons. The van der Waals surface area contributed by atoms with E-state index in [1.807, 2.05) is 0 Å². The minimum Gasteiger partial charge on any atom is -0.393 e. The first-order chi connectivity index (χ1) is 8.49. The Bertz CT molecular complexity index is 549. The summed E-state index contributed by atoms with van der Waals surface area (Å²) in [6, 6.07) is 0. The van der Waals surface area contributed by atoms with Crippen LogP contribution >= 0.6 is 0 Å². The Morgan fingerprint density at radius 3 is 2.78 bits per heavy atom. The molecule has 0 spiro atoms. The number of nitrogens with zero attached hydrogens (tertiary/aromatic N) is 2. The fraction of sp³-hybridized carbons (Fsp3) is 0.545. The Labute approximate surface area is 103 Å². The van der Waals surface area contributed by atoms with Gasteiger partial charge in [0.25, 0.3) is 5.56 Å². The molecule has 1 amide bonds. The first kappa shape index (κ1) is 12.4. The number of anilines is 1. The van der Waals surface area contributed by atoms with Crippen molar-refractivity contribution in [2.45, 2.75) is 19.4 Å². The van der Waals surface area contributed by atoms with Crippen LogP contribution in [0.5, 0.6) is 0 Å². The lowest BCUT2D eigenvalue weighted by atomic mass is 10.4. The van der Waals surface area contributed by atoms with Crippen LogP contribution in [0, 0.1) is 5.92 Å². The lowest BCUT2D eigenvalue weighted by molar-refractivity contribution is -0.121. The highest BCUT2D eigenvalue weighted by Gasteiger charge is 2.22. The van der Waals surface area contributed by atoms with Gasteiger partial charge in [0.15, 0.2) is 0 Å². The SMILES string of the molecule is Cn1cc(N)c(=O)n(CC(=O)NCC2CC2)c1=O. The molecule has 1 aromatic heterocycles. The average Bonchev–Trinajstić information content (AvgIpc) is 3.13. The van der Waals surface area contributed by atoms with E-state index in [1.54, 1.807) is 0 Å². The van der Waals surface area contributed by atoms with Gasteiger partial charge in [-0.15, -0.1) is 0 Å². The Hall–Kier alpha value is -2.05. The van der Waals surface area contributed by atoms with E-state index < -0.39 is 11.2 Å². The number of nitrogens with two attached hydrogens (primary N) is 1. The second-order valence-electron chi connectivity index (χ2n) is 4.62. The number of amides is 1. The Morgan fingerprint density at radius 2 is 2.17 bits per heavy atom. The van der Waals surface area contributed by atoms with Crippen molar-refractivity contribution in [2.24, 2.45) is 13.0 Å². The Morgan fingerprint density at radius 1 is 1.50 bits per heavy atom. The van der Waals surface area contributed by atoms with Gasteiger partial charge in [0, 0.05) is 19.8 Å². The van der Waals surface area contributed by atoms with Gasteiger partial charge in [-0.05, 0) is 18.8 Å². The highest BCUT2D eigenvalue weighted by Crippen LogP contribution is 2.27. The molecule has 0 aliphatic heterocycles.